The van der Waals surface area contributed by atoms with Crippen LogP contribution in [0.5, 0.6) is 0 Å². The van der Waals surface area contributed by atoms with Gasteiger partial charge < -0.3 is 14.7 Å². The van der Waals surface area contributed by atoms with Gasteiger partial charge in [-0.1, -0.05) is 6.07 Å². The Labute approximate surface area is 161 Å². The Morgan fingerprint density at radius 2 is 1.96 bits per heavy atom. The predicted octanol–water partition coefficient (Wildman–Crippen LogP) is 2.15. The molecule has 1 aromatic rings. The molecule has 1 aromatic heterocycles. The van der Waals surface area contributed by atoms with Gasteiger partial charge in [0.1, 0.15) is 5.82 Å². The number of pyridine rings is 1. The highest BCUT2D eigenvalue weighted by atomic mass is 16.2. The van der Waals surface area contributed by atoms with Crippen LogP contribution in [0.3, 0.4) is 0 Å². The second kappa shape index (κ2) is 8.49. The van der Waals surface area contributed by atoms with Gasteiger partial charge in [-0.15, -0.1) is 12.3 Å². The molecule has 2 aliphatic rings. The Morgan fingerprint density at radius 3 is 2.52 bits per heavy atom. The van der Waals surface area contributed by atoms with Crippen molar-refractivity contribution in [1.82, 2.24) is 14.8 Å². The molecule has 0 aliphatic carbocycles. The summed E-state index contributed by atoms with van der Waals surface area (Å²) >= 11 is 0. The molecule has 0 unspecified atom stereocenters. The number of rotatable bonds is 8. The summed E-state index contributed by atoms with van der Waals surface area (Å²) in [5.74, 6) is 3.78. The fourth-order valence-electron chi connectivity index (χ4n) is 3.38. The molecule has 0 spiro atoms. The zero-order valence-electron chi connectivity index (χ0n) is 16.3. The summed E-state index contributed by atoms with van der Waals surface area (Å²) < 4.78 is 0. The Morgan fingerprint density at radius 1 is 1.22 bits per heavy atom. The van der Waals surface area contributed by atoms with E-state index in [-0.39, 0.29) is 11.6 Å². The average Bonchev–Trinajstić information content (AvgIpc) is 3.45. The van der Waals surface area contributed by atoms with Crippen LogP contribution in [-0.2, 0) is 11.3 Å². The van der Waals surface area contributed by atoms with Crippen molar-refractivity contribution in [2.24, 2.45) is 10.2 Å². The van der Waals surface area contributed by atoms with E-state index in [1.807, 2.05) is 25.2 Å². The highest BCUT2D eigenvalue weighted by Crippen LogP contribution is 2.37. The number of terminal acetylenes is 1. The van der Waals surface area contributed by atoms with Crippen molar-refractivity contribution in [1.29, 1.82) is 0 Å². The minimum Gasteiger partial charge on any atom is -0.353 e. The smallest absolute Gasteiger partial charge is 0.222 e. The van der Waals surface area contributed by atoms with Crippen LogP contribution in [0.25, 0.3) is 0 Å². The number of piperazine rings is 1. The van der Waals surface area contributed by atoms with Crippen LogP contribution in [0.4, 0.5) is 5.82 Å². The monoisotopic (exact) mass is 368 g/mol. The fraction of sp³-hybridized carbons (Fsp3) is 0.600. The molecule has 0 aromatic carbocycles. The van der Waals surface area contributed by atoms with Gasteiger partial charge in [-0.3, -0.25) is 4.79 Å². The molecule has 144 valence electrons. The second-order valence-electron chi connectivity index (χ2n) is 7.52. The van der Waals surface area contributed by atoms with Gasteiger partial charge in [0.25, 0.3) is 0 Å². The van der Waals surface area contributed by atoms with E-state index in [4.69, 9.17) is 6.42 Å². The first-order chi connectivity index (χ1) is 13.0. The predicted molar refractivity (Wildman–Crippen MR) is 105 cm³/mol. The van der Waals surface area contributed by atoms with E-state index in [1.54, 1.807) is 0 Å². The number of anilines is 1. The molecule has 0 saturated carbocycles. The molecule has 1 saturated heterocycles. The zero-order valence-corrected chi connectivity index (χ0v) is 16.3. The summed E-state index contributed by atoms with van der Waals surface area (Å²) in [6.45, 7) is 3.96. The molecule has 7 heteroatoms. The summed E-state index contributed by atoms with van der Waals surface area (Å²) in [6, 6.07) is 4.19. The van der Waals surface area contributed by atoms with Crippen LogP contribution >= 0.6 is 0 Å². The Balaban J connectivity index is 1.43. The van der Waals surface area contributed by atoms with Crippen molar-refractivity contribution in [2.45, 2.75) is 37.9 Å². The van der Waals surface area contributed by atoms with E-state index in [9.17, 15) is 4.79 Å². The molecule has 0 N–H and O–H groups in total. The van der Waals surface area contributed by atoms with Crippen molar-refractivity contribution in [2.75, 3.05) is 45.2 Å². The lowest BCUT2D eigenvalue weighted by molar-refractivity contribution is -0.131. The first kappa shape index (κ1) is 19.3. The molecule has 3 rings (SSSR count). The third kappa shape index (κ3) is 5.27. The number of hydrogen-bond acceptors (Lipinski definition) is 6. The van der Waals surface area contributed by atoms with Crippen LogP contribution in [0.2, 0.25) is 0 Å². The third-order valence-corrected chi connectivity index (χ3v) is 5.06. The number of amides is 1. The number of carbonyl (C=O) groups excluding carboxylic acids is 1. The van der Waals surface area contributed by atoms with Crippen molar-refractivity contribution >= 4 is 11.7 Å². The first-order valence-electron chi connectivity index (χ1n) is 9.51. The molecule has 2 aliphatic heterocycles. The van der Waals surface area contributed by atoms with Crippen LogP contribution in [-0.4, -0.2) is 66.6 Å². The highest BCUT2D eigenvalue weighted by molar-refractivity contribution is 5.76. The van der Waals surface area contributed by atoms with E-state index in [0.717, 1.165) is 45.0 Å². The Kier molecular flexibility index (Phi) is 6.07. The average molecular weight is 368 g/mol. The number of aromatic nitrogens is 1. The van der Waals surface area contributed by atoms with Gasteiger partial charge in [0.05, 0.1) is 0 Å². The summed E-state index contributed by atoms with van der Waals surface area (Å²) in [4.78, 5) is 23.4. The van der Waals surface area contributed by atoms with Gasteiger partial charge in [-0.2, -0.15) is 10.2 Å². The molecule has 27 heavy (non-hydrogen) atoms. The van der Waals surface area contributed by atoms with Gasteiger partial charge in [0.2, 0.25) is 5.91 Å². The Bertz CT molecular complexity index is 707. The van der Waals surface area contributed by atoms with Gasteiger partial charge in [-0.05, 0) is 25.7 Å². The van der Waals surface area contributed by atoms with Crippen molar-refractivity contribution < 1.29 is 4.79 Å². The number of hydrogen-bond donors (Lipinski definition) is 0. The molecular weight excluding hydrogens is 340 g/mol. The molecular formula is C20H28N6O. The molecule has 3 heterocycles. The normalized spacial score (nSPS) is 17.9. The second-order valence-corrected chi connectivity index (χ2v) is 7.52. The van der Waals surface area contributed by atoms with Crippen LogP contribution < -0.4 is 4.90 Å². The molecule has 0 atom stereocenters. The fourth-order valence-corrected chi connectivity index (χ4v) is 3.38. The van der Waals surface area contributed by atoms with E-state index in [1.165, 1.54) is 5.56 Å². The third-order valence-electron chi connectivity index (χ3n) is 5.06. The van der Waals surface area contributed by atoms with E-state index in [0.29, 0.717) is 19.3 Å². The van der Waals surface area contributed by atoms with Crippen LogP contribution in [0.15, 0.2) is 28.6 Å². The maximum atomic E-state index is 12.5. The first-order valence-corrected chi connectivity index (χ1v) is 9.51. The summed E-state index contributed by atoms with van der Waals surface area (Å²) in [5, 5.41) is 8.21. The van der Waals surface area contributed by atoms with E-state index < -0.39 is 0 Å². The van der Waals surface area contributed by atoms with Gasteiger partial charge >= 0.3 is 0 Å². The summed E-state index contributed by atoms with van der Waals surface area (Å²) in [5.41, 5.74) is 0.828. The lowest BCUT2D eigenvalue weighted by atomic mass is 10.0. The zero-order chi connectivity index (χ0) is 19.3. The van der Waals surface area contributed by atoms with Gasteiger partial charge in [-0.25, -0.2) is 4.98 Å². The Hall–Kier alpha value is -2.46. The number of nitrogens with zero attached hydrogens (tertiary/aromatic N) is 6. The highest BCUT2D eigenvalue weighted by Gasteiger charge is 2.39. The quantitative estimate of drug-likeness (QED) is 0.660. The molecule has 7 nitrogen and oxygen atoms in total. The number of carbonyl (C=O) groups is 1. The van der Waals surface area contributed by atoms with E-state index >= 15 is 0 Å². The maximum Gasteiger partial charge on any atom is 0.222 e. The lowest BCUT2D eigenvalue weighted by Gasteiger charge is -2.35. The topological polar surface area (TPSA) is 64.4 Å². The standard InChI is InChI=1S/C20H28N6O/c1-4-5-9-20(22-23-20)10-8-19(27)26-13-11-25(12-14-26)18-7-6-17(15-21-18)16-24(2)3/h1,6-7,15H,5,8-14,16H2,2-3H3. The van der Waals surface area contributed by atoms with Crippen molar-refractivity contribution in [3.63, 3.8) is 0 Å². The molecule has 0 radical (unpaired) electrons. The van der Waals surface area contributed by atoms with Crippen LogP contribution in [0.1, 0.15) is 31.2 Å². The minimum atomic E-state index is -0.373. The lowest BCUT2D eigenvalue weighted by Crippen LogP contribution is -2.49. The van der Waals surface area contributed by atoms with Crippen molar-refractivity contribution in [3.8, 4) is 12.3 Å². The minimum absolute atomic E-state index is 0.182. The SMILES string of the molecule is C#CCCC1(CCC(=O)N2CCN(c3ccc(CN(C)C)cn3)CC2)N=N1. The van der Waals surface area contributed by atoms with E-state index in [2.05, 4.69) is 43.1 Å². The molecule has 1 amide bonds. The van der Waals surface area contributed by atoms with Crippen LogP contribution in [0, 0.1) is 12.3 Å². The molecule has 1 fully saturated rings. The van der Waals surface area contributed by atoms with Crippen molar-refractivity contribution in [3.05, 3.63) is 23.9 Å². The summed E-state index contributed by atoms with van der Waals surface area (Å²) in [7, 11) is 4.10. The maximum absolute atomic E-state index is 12.5. The van der Waals surface area contributed by atoms with Gasteiger partial charge in [0.15, 0.2) is 5.66 Å². The summed E-state index contributed by atoms with van der Waals surface area (Å²) in [6.07, 6.45) is 9.80. The molecule has 0 bridgehead atoms. The largest absolute Gasteiger partial charge is 0.353 e. The van der Waals surface area contributed by atoms with Gasteiger partial charge in [0, 0.05) is 64.6 Å².